The van der Waals surface area contributed by atoms with Gasteiger partial charge in [0, 0.05) is 12.4 Å². The number of carbonyl (C=O) groups excluding carboxylic acids is 1. The van der Waals surface area contributed by atoms with Gasteiger partial charge in [-0.2, -0.15) is 0 Å². The number of hydrogen-bond donors (Lipinski definition) is 1. The van der Waals surface area contributed by atoms with Gasteiger partial charge in [0.2, 0.25) is 0 Å². The second-order valence-corrected chi connectivity index (χ2v) is 2.80. The van der Waals surface area contributed by atoms with Crippen molar-refractivity contribution in [2.75, 3.05) is 13.2 Å². The van der Waals surface area contributed by atoms with Gasteiger partial charge in [-0.3, -0.25) is 9.78 Å². The molecule has 0 bridgehead atoms. The van der Waals surface area contributed by atoms with Crippen molar-refractivity contribution >= 4 is 11.4 Å². The molecule has 0 saturated heterocycles. The van der Waals surface area contributed by atoms with Crippen LogP contribution in [0.4, 0.5) is 0 Å². The second kappa shape index (κ2) is 5.93. The summed E-state index contributed by atoms with van der Waals surface area (Å²) in [5, 5.41) is 8.80. The zero-order valence-electron chi connectivity index (χ0n) is 8.51. The summed E-state index contributed by atoms with van der Waals surface area (Å²) in [7, 11) is 0. The van der Waals surface area contributed by atoms with E-state index in [2.05, 4.69) is 4.98 Å². The largest absolute Gasteiger partial charge is 0.501 e. The molecular weight excluding hydrogens is 194 g/mol. The quantitative estimate of drug-likeness (QED) is 0.578. The number of hydrogen-bond acceptors (Lipinski definition) is 4. The Morgan fingerprint density at radius 2 is 2.20 bits per heavy atom. The average Bonchev–Trinajstić information content (AvgIpc) is 2.30. The Kier molecular flexibility index (Phi) is 4.50. The third kappa shape index (κ3) is 3.18. The zero-order chi connectivity index (χ0) is 11.1. The number of aromatic nitrogens is 1. The van der Waals surface area contributed by atoms with Crippen molar-refractivity contribution in [2.45, 2.75) is 6.92 Å². The van der Waals surface area contributed by atoms with E-state index in [0.717, 1.165) is 0 Å². The molecule has 0 atom stereocenters. The lowest BCUT2D eigenvalue weighted by Crippen LogP contribution is -2.07. The smallest absolute Gasteiger partial charge is 0.191 e. The first-order chi connectivity index (χ1) is 7.29. The molecule has 0 aliphatic heterocycles. The summed E-state index contributed by atoms with van der Waals surface area (Å²) in [5.41, 5.74) is 1.05. The topological polar surface area (TPSA) is 59.4 Å². The van der Waals surface area contributed by atoms with Crippen LogP contribution in [-0.4, -0.2) is 29.1 Å². The minimum absolute atomic E-state index is 0.363. The molecule has 0 radical (unpaired) electrons. The van der Waals surface area contributed by atoms with Crippen LogP contribution in [0.3, 0.4) is 0 Å². The first-order valence-corrected chi connectivity index (χ1v) is 4.65. The molecule has 1 rings (SSSR count). The van der Waals surface area contributed by atoms with Crippen LogP contribution in [0, 0.1) is 0 Å². The lowest BCUT2D eigenvalue weighted by atomic mass is 10.1. The van der Waals surface area contributed by atoms with Crippen LogP contribution in [0.25, 0.3) is 5.57 Å². The number of carbonyl (C=O) groups is 1. The van der Waals surface area contributed by atoms with E-state index in [1.165, 1.54) is 6.26 Å². The third-order valence-electron chi connectivity index (χ3n) is 1.80. The van der Waals surface area contributed by atoms with Gasteiger partial charge >= 0.3 is 0 Å². The summed E-state index contributed by atoms with van der Waals surface area (Å²) in [6.45, 7) is 1.78. The number of ketones is 1. The standard InChI is InChI=1S/C11H13NO3/c1-2-15-8-10(11(14)7-13)9-3-5-12-6-4-9/h3-6,8,13H,2,7H2,1H3. The molecule has 0 aromatic carbocycles. The monoisotopic (exact) mass is 207 g/mol. The fraction of sp³-hybridized carbons (Fsp3) is 0.273. The maximum absolute atomic E-state index is 11.4. The summed E-state index contributed by atoms with van der Waals surface area (Å²) in [6.07, 6.45) is 4.54. The molecule has 1 N–H and O–H groups in total. The van der Waals surface area contributed by atoms with Gasteiger partial charge in [-0.05, 0) is 24.6 Å². The van der Waals surface area contributed by atoms with E-state index < -0.39 is 6.61 Å². The normalized spacial score (nSPS) is 11.2. The van der Waals surface area contributed by atoms with Gasteiger partial charge in [0.05, 0.1) is 18.4 Å². The van der Waals surface area contributed by atoms with E-state index in [4.69, 9.17) is 9.84 Å². The van der Waals surface area contributed by atoms with Crippen molar-refractivity contribution < 1.29 is 14.6 Å². The first-order valence-electron chi connectivity index (χ1n) is 4.65. The second-order valence-electron chi connectivity index (χ2n) is 2.80. The van der Waals surface area contributed by atoms with Crippen LogP contribution < -0.4 is 0 Å². The average molecular weight is 207 g/mol. The van der Waals surface area contributed by atoms with Gasteiger partial charge in [-0.15, -0.1) is 0 Å². The van der Waals surface area contributed by atoms with Crippen molar-refractivity contribution in [3.8, 4) is 0 Å². The molecule has 0 amide bonds. The lowest BCUT2D eigenvalue weighted by molar-refractivity contribution is -0.116. The van der Waals surface area contributed by atoms with Crippen LogP contribution in [0.1, 0.15) is 12.5 Å². The predicted molar refractivity (Wildman–Crippen MR) is 55.9 cm³/mol. The molecular formula is C11H13NO3. The van der Waals surface area contributed by atoms with Crippen LogP contribution in [0.2, 0.25) is 0 Å². The fourth-order valence-electron chi connectivity index (χ4n) is 1.08. The van der Waals surface area contributed by atoms with Gasteiger partial charge in [-0.1, -0.05) is 0 Å². The van der Waals surface area contributed by atoms with Crippen LogP contribution in [-0.2, 0) is 9.53 Å². The summed E-state index contributed by atoms with van der Waals surface area (Å²) < 4.78 is 5.06. The number of pyridine rings is 1. The van der Waals surface area contributed by atoms with Gasteiger partial charge < -0.3 is 9.84 Å². The van der Waals surface area contributed by atoms with Crippen molar-refractivity contribution in [1.29, 1.82) is 0 Å². The summed E-state index contributed by atoms with van der Waals surface area (Å²) in [4.78, 5) is 15.3. The summed E-state index contributed by atoms with van der Waals surface area (Å²) in [6, 6.07) is 3.39. The molecule has 0 fully saturated rings. The van der Waals surface area contributed by atoms with Crippen molar-refractivity contribution in [3.05, 3.63) is 36.4 Å². The Hall–Kier alpha value is -1.68. The number of aliphatic hydroxyl groups excluding tert-OH is 1. The van der Waals surface area contributed by atoms with Crippen molar-refractivity contribution in [2.24, 2.45) is 0 Å². The molecule has 0 saturated carbocycles. The molecule has 0 aliphatic rings. The van der Waals surface area contributed by atoms with Gasteiger partial charge in [0.25, 0.3) is 0 Å². The number of aliphatic hydroxyl groups is 1. The molecule has 0 unspecified atom stereocenters. The molecule has 1 aromatic heterocycles. The molecule has 1 aromatic rings. The SMILES string of the molecule is CCOC=C(C(=O)CO)c1ccncc1. The van der Waals surface area contributed by atoms with Gasteiger partial charge in [0.1, 0.15) is 6.61 Å². The molecule has 4 nitrogen and oxygen atoms in total. The fourth-order valence-corrected chi connectivity index (χ4v) is 1.08. The number of ether oxygens (including phenoxy) is 1. The Morgan fingerprint density at radius 3 is 2.73 bits per heavy atom. The highest BCUT2D eigenvalue weighted by Crippen LogP contribution is 2.14. The minimum Gasteiger partial charge on any atom is -0.501 e. The summed E-state index contributed by atoms with van der Waals surface area (Å²) >= 11 is 0. The number of Topliss-reactive ketones (excluding diaryl/α,β-unsaturated/α-hetero) is 1. The highest BCUT2D eigenvalue weighted by atomic mass is 16.5. The lowest BCUT2D eigenvalue weighted by Gasteiger charge is -2.04. The molecule has 0 aliphatic carbocycles. The highest BCUT2D eigenvalue weighted by molar-refractivity contribution is 6.21. The van der Waals surface area contributed by atoms with Gasteiger partial charge in [0.15, 0.2) is 5.78 Å². The Labute approximate surface area is 88.2 Å². The minimum atomic E-state index is -0.527. The van der Waals surface area contributed by atoms with Crippen molar-refractivity contribution in [1.82, 2.24) is 4.98 Å². The molecule has 80 valence electrons. The molecule has 4 heteroatoms. The third-order valence-corrected chi connectivity index (χ3v) is 1.80. The van der Waals surface area contributed by atoms with Crippen LogP contribution in [0.5, 0.6) is 0 Å². The molecule has 0 spiro atoms. The van der Waals surface area contributed by atoms with E-state index in [0.29, 0.717) is 17.7 Å². The van der Waals surface area contributed by atoms with Crippen LogP contribution in [0.15, 0.2) is 30.8 Å². The van der Waals surface area contributed by atoms with E-state index in [1.807, 2.05) is 6.92 Å². The van der Waals surface area contributed by atoms with Crippen molar-refractivity contribution in [3.63, 3.8) is 0 Å². The van der Waals surface area contributed by atoms with E-state index >= 15 is 0 Å². The maximum Gasteiger partial charge on any atom is 0.191 e. The Balaban J connectivity index is 2.96. The molecule has 15 heavy (non-hydrogen) atoms. The first kappa shape index (κ1) is 11.4. The summed E-state index contributed by atoms with van der Waals surface area (Å²) in [5.74, 6) is -0.366. The highest BCUT2D eigenvalue weighted by Gasteiger charge is 2.10. The zero-order valence-corrected chi connectivity index (χ0v) is 8.51. The van der Waals surface area contributed by atoms with E-state index in [1.54, 1.807) is 24.5 Å². The van der Waals surface area contributed by atoms with Gasteiger partial charge in [-0.25, -0.2) is 0 Å². The maximum atomic E-state index is 11.4. The number of nitrogens with zero attached hydrogens (tertiary/aromatic N) is 1. The predicted octanol–water partition coefficient (Wildman–Crippen LogP) is 1.02. The Bertz CT molecular complexity index is 346. The van der Waals surface area contributed by atoms with Crippen LogP contribution >= 0.6 is 0 Å². The molecule has 1 heterocycles. The van der Waals surface area contributed by atoms with E-state index in [9.17, 15) is 4.79 Å². The van der Waals surface area contributed by atoms with E-state index in [-0.39, 0.29) is 5.78 Å². The Morgan fingerprint density at radius 1 is 1.53 bits per heavy atom. The number of rotatable bonds is 5.